The number of hydrogen-bond donors (Lipinski definition) is 2. The molecule has 0 bridgehead atoms. The van der Waals surface area contributed by atoms with Crippen molar-refractivity contribution in [1.82, 2.24) is 0 Å². The molecule has 4 heteroatoms. The van der Waals surface area contributed by atoms with Gasteiger partial charge in [0.1, 0.15) is 0 Å². The van der Waals surface area contributed by atoms with Gasteiger partial charge in [0.05, 0.1) is 13.2 Å². The summed E-state index contributed by atoms with van der Waals surface area (Å²) >= 11 is 3.19. The minimum Gasteiger partial charge on any atom is -0.395 e. The lowest BCUT2D eigenvalue weighted by molar-refractivity contribution is 0.253. The Balaban J connectivity index is 3.70. The molecule has 0 saturated heterocycles. The van der Waals surface area contributed by atoms with Gasteiger partial charge >= 0.3 is 0 Å². The molecule has 0 aromatic heterocycles. The molecule has 0 spiro atoms. The average molecular weight is 182 g/mol. The third-order valence-electron chi connectivity index (χ3n) is 1.38. The summed E-state index contributed by atoms with van der Waals surface area (Å²) in [6.45, 7) is 0.292. The quantitative estimate of drug-likeness (QED) is 0.647. The molecule has 0 amide bonds. The van der Waals surface area contributed by atoms with Crippen LogP contribution in [0, 0.1) is 0 Å². The van der Waals surface area contributed by atoms with E-state index in [0.29, 0.717) is 0 Å². The molecule has 62 valence electrons. The summed E-state index contributed by atoms with van der Waals surface area (Å²) in [6, 6.07) is 0. The molecule has 0 heterocycles. The molecule has 0 aliphatic heterocycles. The highest BCUT2D eigenvalue weighted by Crippen LogP contribution is 2.19. The number of thioether (sulfide) groups is 2. The summed E-state index contributed by atoms with van der Waals surface area (Å²) in [5.74, 6) is 0. The Hall–Kier alpha value is 0.620. The highest BCUT2D eigenvalue weighted by atomic mass is 32.2. The van der Waals surface area contributed by atoms with Crippen LogP contribution < -0.4 is 0 Å². The fraction of sp³-hybridized carbons (Fsp3) is 1.00. The number of aliphatic hydroxyl groups excluding tert-OH is 2. The van der Waals surface area contributed by atoms with E-state index in [1.807, 2.05) is 12.5 Å². The van der Waals surface area contributed by atoms with Gasteiger partial charge in [0.2, 0.25) is 0 Å². The summed E-state index contributed by atoms with van der Waals surface area (Å²) in [7, 11) is 0. The molecule has 0 aromatic carbocycles. The van der Waals surface area contributed by atoms with Crippen LogP contribution in [0.15, 0.2) is 0 Å². The van der Waals surface area contributed by atoms with Crippen molar-refractivity contribution in [3.05, 3.63) is 0 Å². The smallest absolute Gasteiger partial charge is 0.0561 e. The molecule has 0 saturated carbocycles. The maximum Gasteiger partial charge on any atom is 0.0561 e. The van der Waals surface area contributed by atoms with Gasteiger partial charge in [-0.25, -0.2) is 0 Å². The van der Waals surface area contributed by atoms with Gasteiger partial charge in [-0.1, -0.05) is 0 Å². The molecule has 0 fully saturated rings. The van der Waals surface area contributed by atoms with Gasteiger partial charge in [-0.05, 0) is 12.5 Å². The van der Waals surface area contributed by atoms with Gasteiger partial charge in [0, 0.05) is 10.5 Å². The zero-order chi connectivity index (χ0) is 7.98. The normalized spacial score (nSPS) is 16.8. The summed E-state index contributed by atoms with van der Waals surface area (Å²) in [5, 5.41) is 18.0. The lowest BCUT2D eigenvalue weighted by Crippen LogP contribution is -2.26. The Kier molecular flexibility index (Phi) is 6.73. The van der Waals surface area contributed by atoms with Crippen molar-refractivity contribution in [2.75, 3.05) is 25.7 Å². The molecule has 2 unspecified atom stereocenters. The van der Waals surface area contributed by atoms with E-state index in [-0.39, 0.29) is 23.7 Å². The first-order valence-corrected chi connectivity index (χ1v) is 5.65. The largest absolute Gasteiger partial charge is 0.395 e. The Morgan fingerprint density at radius 3 is 1.40 bits per heavy atom. The van der Waals surface area contributed by atoms with Crippen molar-refractivity contribution in [2.45, 2.75) is 10.5 Å². The van der Waals surface area contributed by atoms with Crippen molar-refractivity contribution in [3.63, 3.8) is 0 Å². The fourth-order valence-corrected chi connectivity index (χ4v) is 2.43. The van der Waals surface area contributed by atoms with Crippen LogP contribution in [0.1, 0.15) is 0 Å². The predicted molar refractivity (Wildman–Crippen MR) is 48.8 cm³/mol. The summed E-state index contributed by atoms with van der Waals surface area (Å²) in [4.78, 5) is 0. The van der Waals surface area contributed by atoms with Crippen molar-refractivity contribution >= 4 is 23.5 Å². The van der Waals surface area contributed by atoms with Crippen molar-refractivity contribution in [2.24, 2.45) is 0 Å². The van der Waals surface area contributed by atoms with Crippen LogP contribution in [0.25, 0.3) is 0 Å². The average Bonchev–Trinajstić information content (AvgIpc) is 2.00. The predicted octanol–water partition coefficient (Wildman–Crippen LogP) is 0.434. The zero-order valence-corrected chi connectivity index (χ0v) is 7.91. The van der Waals surface area contributed by atoms with Gasteiger partial charge in [0.25, 0.3) is 0 Å². The number of rotatable bonds is 5. The first-order chi connectivity index (χ1) is 4.79. The van der Waals surface area contributed by atoms with E-state index in [2.05, 4.69) is 0 Å². The Labute approximate surface area is 70.4 Å². The van der Waals surface area contributed by atoms with Gasteiger partial charge in [-0.15, -0.1) is 0 Å². The molecular weight excluding hydrogens is 168 g/mol. The minimum atomic E-state index is 0.146. The third-order valence-corrected chi connectivity index (χ3v) is 3.72. The third kappa shape index (κ3) is 3.14. The SMILES string of the molecule is CSC(CO)C(CO)SC. The highest BCUT2D eigenvalue weighted by Gasteiger charge is 2.17. The van der Waals surface area contributed by atoms with Gasteiger partial charge < -0.3 is 10.2 Å². The zero-order valence-electron chi connectivity index (χ0n) is 6.28. The van der Waals surface area contributed by atoms with Crippen LogP contribution in [0.2, 0.25) is 0 Å². The number of aliphatic hydroxyl groups is 2. The molecule has 2 atom stereocenters. The lowest BCUT2D eigenvalue weighted by Gasteiger charge is -2.19. The van der Waals surface area contributed by atoms with Gasteiger partial charge in [-0.2, -0.15) is 23.5 Å². The van der Waals surface area contributed by atoms with E-state index in [4.69, 9.17) is 10.2 Å². The standard InChI is InChI=1S/C6H14O2S2/c1-9-5(3-7)6(4-8)10-2/h5-8H,3-4H2,1-2H3. The lowest BCUT2D eigenvalue weighted by atomic mass is 10.3. The molecule has 0 aliphatic rings. The van der Waals surface area contributed by atoms with Crippen LogP contribution in [0.3, 0.4) is 0 Å². The Morgan fingerprint density at radius 1 is 1.00 bits per heavy atom. The van der Waals surface area contributed by atoms with Crippen molar-refractivity contribution in [1.29, 1.82) is 0 Å². The molecule has 2 nitrogen and oxygen atoms in total. The first-order valence-electron chi connectivity index (χ1n) is 3.07. The molecule has 0 rings (SSSR count). The Bertz CT molecular complexity index is 62.1. The molecule has 0 aromatic rings. The topological polar surface area (TPSA) is 40.5 Å². The molecule has 2 N–H and O–H groups in total. The van der Waals surface area contributed by atoms with E-state index >= 15 is 0 Å². The fourth-order valence-electron chi connectivity index (χ4n) is 0.688. The van der Waals surface area contributed by atoms with Crippen LogP contribution in [0.5, 0.6) is 0 Å². The van der Waals surface area contributed by atoms with E-state index in [9.17, 15) is 0 Å². The maximum absolute atomic E-state index is 8.81. The molecule has 0 aliphatic carbocycles. The van der Waals surface area contributed by atoms with E-state index in [0.717, 1.165) is 0 Å². The highest BCUT2D eigenvalue weighted by molar-refractivity contribution is 8.03. The van der Waals surface area contributed by atoms with Gasteiger partial charge in [-0.3, -0.25) is 0 Å². The molecule has 0 radical (unpaired) electrons. The van der Waals surface area contributed by atoms with Gasteiger partial charge in [0.15, 0.2) is 0 Å². The van der Waals surface area contributed by atoms with E-state index in [1.165, 1.54) is 0 Å². The molecule has 10 heavy (non-hydrogen) atoms. The Morgan fingerprint density at radius 2 is 1.30 bits per heavy atom. The second kappa shape index (κ2) is 6.34. The maximum atomic E-state index is 8.81. The van der Waals surface area contributed by atoms with Crippen LogP contribution in [0.4, 0.5) is 0 Å². The first kappa shape index (κ1) is 10.6. The van der Waals surface area contributed by atoms with Crippen molar-refractivity contribution < 1.29 is 10.2 Å². The second-order valence-corrected chi connectivity index (χ2v) is 4.07. The van der Waals surface area contributed by atoms with E-state index < -0.39 is 0 Å². The summed E-state index contributed by atoms with van der Waals surface area (Å²) in [5.41, 5.74) is 0. The van der Waals surface area contributed by atoms with Crippen LogP contribution in [-0.2, 0) is 0 Å². The summed E-state index contributed by atoms with van der Waals surface area (Å²) in [6.07, 6.45) is 3.89. The van der Waals surface area contributed by atoms with Crippen molar-refractivity contribution in [3.8, 4) is 0 Å². The minimum absolute atomic E-state index is 0.146. The van der Waals surface area contributed by atoms with Crippen LogP contribution in [-0.4, -0.2) is 46.4 Å². The monoisotopic (exact) mass is 182 g/mol. The summed E-state index contributed by atoms with van der Waals surface area (Å²) < 4.78 is 0. The number of hydrogen-bond acceptors (Lipinski definition) is 4. The van der Waals surface area contributed by atoms with E-state index in [1.54, 1.807) is 23.5 Å². The second-order valence-electron chi connectivity index (χ2n) is 1.91. The molecular formula is C6H14O2S2. The van der Waals surface area contributed by atoms with Crippen LogP contribution >= 0.6 is 23.5 Å².